The summed E-state index contributed by atoms with van der Waals surface area (Å²) in [7, 11) is 5.66. The highest BCUT2D eigenvalue weighted by Gasteiger charge is 2.10. The van der Waals surface area contributed by atoms with Gasteiger partial charge in [-0.25, -0.2) is 0 Å². The quantitative estimate of drug-likeness (QED) is 0.619. The first-order valence-electron chi connectivity index (χ1n) is 9.14. The van der Waals surface area contributed by atoms with Gasteiger partial charge in [-0.3, -0.25) is 9.59 Å². The number of ketones is 1. The molecule has 6 heteroatoms. The molecule has 0 radical (unpaired) electrons. The third kappa shape index (κ3) is 6.69. The van der Waals surface area contributed by atoms with E-state index < -0.39 is 0 Å². The van der Waals surface area contributed by atoms with Crippen LogP contribution in [0, 0.1) is 0 Å². The van der Waals surface area contributed by atoms with Crippen LogP contribution in [-0.4, -0.2) is 43.5 Å². The van der Waals surface area contributed by atoms with Crippen molar-refractivity contribution in [3.63, 3.8) is 0 Å². The molecule has 5 nitrogen and oxygen atoms in total. The highest BCUT2D eigenvalue weighted by Crippen LogP contribution is 2.24. The van der Waals surface area contributed by atoms with Gasteiger partial charge >= 0.3 is 0 Å². The fourth-order valence-corrected chi connectivity index (χ4v) is 3.67. The maximum atomic E-state index is 12.2. The van der Waals surface area contributed by atoms with Crippen molar-refractivity contribution in [2.24, 2.45) is 0 Å². The molecule has 150 valence electrons. The monoisotopic (exact) mass is 400 g/mol. The Labute approximate surface area is 171 Å². The van der Waals surface area contributed by atoms with Crippen molar-refractivity contribution in [2.45, 2.75) is 25.8 Å². The van der Waals surface area contributed by atoms with Crippen LogP contribution in [0.3, 0.4) is 0 Å². The predicted octanol–water partition coefficient (Wildman–Crippen LogP) is 3.51. The van der Waals surface area contributed by atoms with Gasteiger partial charge in [0, 0.05) is 30.0 Å². The highest BCUT2D eigenvalue weighted by atomic mass is 32.2. The Balaban J connectivity index is 1.87. The molecule has 0 atom stereocenters. The molecule has 0 aliphatic heterocycles. The zero-order valence-corrected chi connectivity index (χ0v) is 17.8. The van der Waals surface area contributed by atoms with Gasteiger partial charge in [0.2, 0.25) is 5.91 Å². The van der Waals surface area contributed by atoms with Crippen LogP contribution in [0.1, 0.15) is 34.0 Å². The van der Waals surface area contributed by atoms with Crippen LogP contribution in [0.25, 0.3) is 0 Å². The number of rotatable bonds is 10. The number of methoxy groups -OCH3 is 1. The first kappa shape index (κ1) is 22.0. The van der Waals surface area contributed by atoms with E-state index in [1.807, 2.05) is 38.4 Å². The van der Waals surface area contributed by atoms with Gasteiger partial charge in [-0.05, 0) is 50.3 Å². The number of carbonyl (C=O) groups is 2. The fourth-order valence-electron chi connectivity index (χ4n) is 2.83. The van der Waals surface area contributed by atoms with E-state index in [1.54, 1.807) is 26.2 Å². The molecular weight excluding hydrogens is 372 g/mol. The lowest BCUT2D eigenvalue weighted by Gasteiger charge is -2.14. The summed E-state index contributed by atoms with van der Waals surface area (Å²) in [4.78, 5) is 25.9. The Morgan fingerprint density at radius 1 is 1.07 bits per heavy atom. The molecule has 2 aromatic rings. The predicted molar refractivity (Wildman–Crippen MR) is 115 cm³/mol. The van der Waals surface area contributed by atoms with Crippen LogP contribution in [0.4, 0.5) is 0 Å². The molecule has 0 saturated heterocycles. The second-order valence-electron chi connectivity index (χ2n) is 6.86. The number of carbonyl (C=O) groups excluding carboxylic acids is 2. The molecule has 1 N–H and O–H groups in total. The average molecular weight is 401 g/mol. The lowest BCUT2D eigenvalue weighted by molar-refractivity contribution is -0.118. The van der Waals surface area contributed by atoms with Gasteiger partial charge in [0.05, 0.1) is 12.9 Å². The summed E-state index contributed by atoms with van der Waals surface area (Å²) in [5.74, 6) is 1.70. The number of nitrogens with one attached hydrogen (secondary N) is 1. The summed E-state index contributed by atoms with van der Waals surface area (Å²) in [5, 5.41) is 2.99. The van der Waals surface area contributed by atoms with E-state index in [2.05, 4.69) is 16.3 Å². The lowest BCUT2D eigenvalue weighted by atomic mass is 10.1. The molecule has 0 heterocycles. The van der Waals surface area contributed by atoms with E-state index >= 15 is 0 Å². The van der Waals surface area contributed by atoms with Crippen LogP contribution in [0.5, 0.6) is 5.75 Å². The van der Waals surface area contributed by atoms with Crippen LogP contribution >= 0.6 is 11.8 Å². The molecular formula is C22H28N2O3S. The topological polar surface area (TPSA) is 58.6 Å². The third-order valence-electron chi connectivity index (χ3n) is 4.26. The smallest absolute Gasteiger partial charge is 0.230 e. The standard InChI is InChI=1S/C22H28N2O3S/c1-16(25)17-9-10-21(27-4)20(11-17)14-28-15-22(26)23-12-18-7-5-6-8-19(18)13-24(2)3/h5-11H,12-15H2,1-4H3,(H,23,26). The van der Waals surface area contributed by atoms with E-state index in [-0.39, 0.29) is 11.7 Å². The molecule has 0 spiro atoms. The molecule has 0 unspecified atom stereocenters. The number of nitrogens with zero attached hydrogens (tertiary/aromatic N) is 1. The van der Waals surface area contributed by atoms with Gasteiger partial charge in [-0.1, -0.05) is 24.3 Å². The van der Waals surface area contributed by atoms with E-state index in [0.717, 1.165) is 23.4 Å². The molecule has 2 rings (SSSR count). The summed E-state index contributed by atoms with van der Waals surface area (Å²) < 4.78 is 5.36. The van der Waals surface area contributed by atoms with Crippen molar-refractivity contribution in [3.8, 4) is 5.75 Å². The first-order valence-corrected chi connectivity index (χ1v) is 10.3. The number of hydrogen-bond acceptors (Lipinski definition) is 5. The number of hydrogen-bond donors (Lipinski definition) is 1. The fraction of sp³-hybridized carbons (Fsp3) is 0.364. The van der Waals surface area contributed by atoms with Gasteiger partial charge in [-0.15, -0.1) is 11.8 Å². The van der Waals surface area contributed by atoms with Crippen molar-refractivity contribution in [1.82, 2.24) is 10.2 Å². The lowest BCUT2D eigenvalue weighted by Crippen LogP contribution is -2.25. The Kier molecular flexibility index (Phi) is 8.54. The molecule has 0 aliphatic rings. The maximum absolute atomic E-state index is 12.2. The molecule has 0 aliphatic carbocycles. The molecule has 2 aromatic carbocycles. The maximum Gasteiger partial charge on any atom is 0.230 e. The molecule has 0 bridgehead atoms. The summed E-state index contributed by atoms with van der Waals surface area (Å²) in [6, 6.07) is 13.5. The Morgan fingerprint density at radius 2 is 1.79 bits per heavy atom. The highest BCUT2D eigenvalue weighted by molar-refractivity contribution is 7.99. The minimum absolute atomic E-state index is 0.00801. The van der Waals surface area contributed by atoms with Crippen LogP contribution in [0.15, 0.2) is 42.5 Å². The van der Waals surface area contributed by atoms with Crippen molar-refractivity contribution < 1.29 is 14.3 Å². The van der Waals surface area contributed by atoms with E-state index in [1.165, 1.54) is 17.3 Å². The second kappa shape index (κ2) is 10.9. The zero-order valence-electron chi connectivity index (χ0n) is 17.0. The molecule has 0 aromatic heterocycles. The first-order chi connectivity index (χ1) is 13.4. The van der Waals surface area contributed by atoms with Crippen LogP contribution in [0.2, 0.25) is 0 Å². The summed E-state index contributed by atoms with van der Waals surface area (Å²) in [6.45, 7) is 2.90. The van der Waals surface area contributed by atoms with E-state index in [9.17, 15) is 9.59 Å². The normalized spacial score (nSPS) is 10.8. The number of ether oxygens (including phenoxy) is 1. The Bertz CT molecular complexity index is 821. The SMILES string of the molecule is COc1ccc(C(C)=O)cc1CSCC(=O)NCc1ccccc1CN(C)C. The van der Waals surface area contributed by atoms with Crippen molar-refractivity contribution >= 4 is 23.5 Å². The van der Waals surface area contributed by atoms with Crippen molar-refractivity contribution in [3.05, 3.63) is 64.7 Å². The Hall–Kier alpha value is -2.31. The second-order valence-corrected chi connectivity index (χ2v) is 7.84. The van der Waals surface area contributed by atoms with Gasteiger partial charge < -0.3 is 15.0 Å². The third-order valence-corrected chi connectivity index (χ3v) is 5.24. The number of Topliss-reactive ketones (excluding diaryl/α,β-unsaturated/α-hetero) is 1. The zero-order chi connectivity index (χ0) is 20.5. The number of thioether (sulfide) groups is 1. The van der Waals surface area contributed by atoms with Gasteiger partial charge in [-0.2, -0.15) is 0 Å². The van der Waals surface area contributed by atoms with Crippen molar-refractivity contribution in [1.29, 1.82) is 0 Å². The summed E-state index contributed by atoms with van der Waals surface area (Å²) >= 11 is 1.50. The summed E-state index contributed by atoms with van der Waals surface area (Å²) in [5.41, 5.74) is 3.92. The minimum Gasteiger partial charge on any atom is -0.496 e. The Morgan fingerprint density at radius 3 is 2.43 bits per heavy atom. The largest absolute Gasteiger partial charge is 0.496 e. The molecule has 0 fully saturated rings. The van der Waals surface area contributed by atoms with E-state index in [0.29, 0.717) is 23.6 Å². The van der Waals surface area contributed by atoms with Gasteiger partial charge in [0.1, 0.15) is 5.75 Å². The van der Waals surface area contributed by atoms with Crippen molar-refractivity contribution in [2.75, 3.05) is 27.0 Å². The molecule has 28 heavy (non-hydrogen) atoms. The van der Waals surface area contributed by atoms with Gasteiger partial charge in [0.25, 0.3) is 0 Å². The van der Waals surface area contributed by atoms with Crippen LogP contribution < -0.4 is 10.1 Å². The summed E-state index contributed by atoms with van der Waals surface area (Å²) in [6.07, 6.45) is 0. The van der Waals surface area contributed by atoms with E-state index in [4.69, 9.17) is 4.74 Å². The number of amides is 1. The molecule has 0 saturated carbocycles. The minimum atomic E-state index is -0.00801. The number of benzene rings is 2. The average Bonchev–Trinajstić information content (AvgIpc) is 2.66. The van der Waals surface area contributed by atoms with Gasteiger partial charge in [0.15, 0.2) is 5.78 Å². The molecule has 1 amide bonds. The van der Waals surface area contributed by atoms with Crippen LogP contribution in [-0.2, 0) is 23.6 Å².